The van der Waals surface area contributed by atoms with E-state index in [9.17, 15) is 4.79 Å². The molecule has 0 fully saturated rings. The summed E-state index contributed by atoms with van der Waals surface area (Å²) in [5.74, 6) is -0.634. The zero-order valence-corrected chi connectivity index (χ0v) is 12.9. The highest BCUT2D eigenvalue weighted by atomic mass is 35.5. The Bertz CT molecular complexity index is 613. The number of nitrogens with one attached hydrogen (secondary N) is 1. The summed E-state index contributed by atoms with van der Waals surface area (Å²) in [6.45, 7) is 2.43. The number of halogens is 1. The topological polar surface area (TPSA) is 38.3 Å². The number of aryl methyl sites for hydroxylation is 1. The van der Waals surface area contributed by atoms with Gasteiger partial charge >= 0.3 is 5.97 Å². The second kappa shape index (κ2) is 7.14. The van der Waals surface area contributed by atoms with E-state index in [0.29, 0.717) is 11.6 Å². The number of rotatable bonds is 5. The van der Waals surface area contributed by atoms with Gasteiger partial charge in [0.1, 0.15) is 0 Å². The van der Waals surface area contributed by atoms with Gasteiger partial charge in [0.05, 0.1) is 23.7 Å². The summed E-state index contributed by atoms with van der Waals surface area (Å²) in [7, 11) is 1.40. The summed E-state index contributed by atoms with van der Waals surface area (Å²) >= 11 is 6.16. The van der Waals surface area contributed by atoms with Crippen LogP contribution in [0, 0.1) is 6.92 Å². The standard InChI is InChI=1S/C17H18ClNO2/c1-12-8-9-15(18)16(10-12)19-11-14(17(20)21-2)13-6-4-3-5-7-13/h3-10,14,19H,11H2,1-2H3. The molecular weight excluding hydrogens is 286 g/mol. The Labute approximate surface area is 129 Å². The molecule has 0 spiro atoms. The SMILES string of the molecule is COC(=O)C(CNc1cc(C)ccc1Cl)c1ccccc1. The zero-order chi connectivity index (χ0) is 15.2. The molecule has 1 atom stereocenters. The van der Waals surface area contributed by atoms with Crippen molar-refractivity contribution in [2.75, 3.05) is 19.0 Å². The van der Waals surface area contributed by atoms with Gasteiger partial charge in [-0.1, -0.05) is 48.0 Å². The van der Waals surface area contributed by atoms with E-state index in [1.54, 1.807) is 0 Å². The Hall–Kier alpha value is -2.00. The third-order valence-electron chi connectivity index (χ3n) is 3.31. The number of carbonyl (C=O) groups excluding carboxylic acids is 1. The van der Waals surface area contributed by atoms with E-state index in [2.05, 4.69) is 5.32 Å². The molecule has 0 heterocycles. The molecule has 2 aromatic carbocycles. The molecular formula is C17H18ClNO2. The first-order valence-electron chi connectivity index (χ1n) is 6.74. The Morgan fingerprint density at radius 1 is 1.24 bits per heavy atom. The molecule has 0 aromatic heterocycles. The molecule has 0 saturated carbocycles. The first kappa shape index (κ1) is 15.4. The first-order valence-corrected chi connectivity index (χ1v) is 7.12. The summed E-state index contributed by atoms with van der Waals surface area (Å²) in [5, 5.41) is 3.87. The molecule has 0 bridgehead atoms. The molecule has 2 aromatic rings. The quantitative estimate of drug-likeness (QED) is 0.848. The van der Waals surface area contributed by atoms with Crippen LogP contribution in [0.1, 0.15) is 17.0 Å². The van der Waals surface area contributed by atoms with Gasteiger partial charge in [-0.2, -0.15) is 0 Å². The maximum atomic E-state index is 12.0. The monoisotopic (exact) mass is 303 g/mol. The molecule has 4 heteroatoms. The molecule has 0 aliphatic heterocycles. The van der Waals surface area contributed by atoms with Gasteiger partial charge in [-0.25, -0.2) is 0 Å². The van der Waals surface area contributed by atoms with Gasteiger partial charge in [-0.05, 0) is 30.2 Å². The van der Waals surface area contributed by atoms with Gasteiger partial charge in [-0.15, -0.1) is 0 Å². The lowest BCUT2D eigenvalue weighted by atomic mass is 9.99. The minimum absolute atomic E-state index is 0.266. The van der Waals surface area contributed by atoms with Gasteiger partial charge in [0, 0.05) is 6.54 Å². The Balaban J connectivity index is 2.16. The minimum Gasteiger partial charge on any atom is -0.468 e. The lowest BCUT2D eigenvalue weighted by Gasteiger charge is -2.17. The zero-order valence-electron chi connectivity index (χ0n) is 12.1. The number of hydrogen-bond acceptors (Lipinski definition) is 3. The number of anilines is 1. The van der Waals surface area contributed by atoms with Crippen LogP contribution in [0.15, 0.2) is 48.5 Å². The smallest absolute Gasteiger partial charge is 0.314 e. The van der Waals surface area contributed by atoms with Crippen molar-refractivity contribution >= 4 is 23.3 Å². The molecule has 0 saturated heterocycles. The highest BCUT2D eigenvalue weighted by Gasteiger charge is 2.21. The van der Waals surface area contributed by atoms with Crippen molar-refractivity contribution in [1.82, 2.24) is 0 Å². The van der Waals surface area contributed by atoms with Crippen LogP contribution in [-0.4, -0.2) is 19.6 Å². The highest BCUT2D eigenvalue weighted by Crippen LogP contribution is 2.25. The van der Waals surface area contributed by atoms with Crippen LogP contribution in [0.4, 0.5) is 5.69 Å². The van der Waals surface area contributed by atoms with E-state index in [0.717, 1.165) is 16.8 Å². The van der Waals surface area contributed by atoms with Crippen LogP contribution in [0.3, 0.4) is 0 Å². The van der Waals surface area contributed by atoms with Crippen LogP contribution < -0.4 is 5.32 Å². The largest absolute Gasteiger partial charge is 0.468 e. The van der Waals surface area contributed by atoms with Crippen molar-refractivity contribution in [3.8, 4) is 0 Å². The summed E-state index contributed by atoms with van der Waals surface area (Å²) < 4.78 is 4.90. The minimum atomic E-state index is -0.368. The van der Waals surface area contributed by atoms with E-state index in [-0.39, 0.29) is 11.9 Å². The van der Waals surface area contributed by atoms with Crippen molar-refractivity contribution < 1.29 is 9.53 Å². The Kier molecular flexibility index (Phi) is 5.23. The fourth-order valence-electron chi connectivity index (χ4n) is 2.15. The molecule has 1 N–H and O–H groups in total. The number of esters is 1. The number of carbonyl (C=O) groups is 1. The first-order chi connectivity index (χ1) is 10.1. The third-order valence-corrected chi connectivity index (χ3v) is 3.64. The van der Waals surface area contributed by atoms with E-state index in [1.165, 1.54) is 7.11 Å². The molecule has 0 amide bonds. The van der Waals surface area contributed by atoms with Gasteiger partial charge < -0.3 is 10.1 Å². The highest BCUT2D eigenvalue weighted by molar-refractivity contribution is 6.33. The lowest BCUT2D eigenvalue weighted by Crippen LogP contribution is -2.22. The number of methoxy groups -OCH3 is 1. The molecule has 110 valence electrons. The molecule has 0 aliphatic rings. The fourth-order valence-corrected chi connectivity index (χ4v) is 2.34. The van der Waals surface area contributed by atoms with Crippen LogP contribution in [0.5, 0.6) is 0 Å². The second-order valence-electron chi connectivity index (χ2n) is 4.85. The summed E-state index contributed by atoms with van der Waals surface area (Å²) in [4.78, 5) is 12.0. The van der Waals surface area contributed by atoms with E-state index in [4.69, 9.17) is 16.3 Å². The molecule has 1 unspecified atom stereocenters. The average Bonchev–Trinajstić information content (AvgIpc) is 2.51. The molecule has 0 radical (unpaired) electrons. The number of hydrogen-bond donors (Lipinski definition) is 1. The van der Waals surface area contributed by atoms with Gasteiger partial charge in [0.25, 0.3) is 0 Å². The van der Waals surface area contributed by atoms with Gasteiger partial charge in [-0.3, -0.25) is 4.79 Å². The summed E-state index contributed by atoms with van der Waals surface area (Å²) in [6, 6.07) is 15.3. The molecule has 0 aliphatic carbocycles. The van der Waals surface area contributed by atoms with Gasteiger partial charge in [0.2, 0.25) is 0 Å². The van der Waals surface area contributed by atoms with Crippen LogP contribution in [-0.2, 0) is 9.53 Å². The lowest BCUT2D eigenvalue weighted by molar-refractivity contribution is -0.142. The van der Waals surface area contributed by atoms with E-state index >= 15 is 0 Å². The second-order valence-corrected chi connectivity index (χ2v) is 5.26. The Morgan fingerprint density at radius 3 is 2.62 bits per heavy atom. The fraction of sp³-hybridized carbons (Fsp3) is 0.235. The third kappa shape index (κ3) is 3.99. The van der Waals surface area contributed by atoms with Crippen molar-refractivity contribution in [2.45, 2.75) is 12.8 Å². The van der Waals surface area contributed by atoms with Crippen molar-refractivity contribution in [2.24, 2.45) is 0 Å². The van der Waals surface area contributed by atoms with Crippen LogP contribution in [0.25, 0.3) is 0 Å². The maximum absolute atomic E-state index is 12.0. The van der Waals surface area contributed by atoms with E-state index < -0.39 is 0 Å². The number of benzene rings is 2. The van der Waals surface area contributed by atoms with Crippen LogP contribution >= 0.6 is 11.6 Å². The van der Waals surface area contributed by atoms with Gasteiger partial charge in [0.15, 0.2) is 0 Å². The van der Waals surface area contributed by atoms with Crippen LogP contribution in [0.2, 0.25) is 5.02 Å². The molecule has 2 rings (SSSR count). The summed E-state index contributed by atoms with van der Waals surface area (Å²) in [5.41, 5.74) is 2.85. The average molecular weight is 304 g/mol. The van der Waals surface area contributed by atoms with Crippen molar-refractivity contribution in [1.29, 1.82) is 0 Å². The number of ether oxygens (including phenoxy) is 1. The Morgan fingerprint density at radius 2 is 1.95 bits per heavy atom. The summed E-state index contributed by atoms with van der Waals surface area (Å²) in [6.07, 6.45) is 0. The van der Waals surface area contributed by atoms with Crippen molar-refractivity contribution in [3.63, 3.8) is 0 Å². The predicted molar refractivity (Wildman–Crippen MR) is 85.9 cm³/mol. The van der Waals surface area contributed by atoms with E-state index in [1.807, 2.05) is 55.5 Å². The normalized spacial score (nSPS) is 11.8. The van der Waals surface area contributed by atoms with Crippen molar-refractivity contribution in [3.05, 3.63) is 64.7 Å². The predicted octanol–water partition coefficient (Wildman–Crippen LogP) is 4.02. The molecule has 21 heavy (non-hydrogen) atoms. The molecule has 3 nitrogen and oxygen atoms in total. The maximum Gasteiger partial charge on any atom is 0.314 e.